The molecule has 1 aliphatic heterocycles. The van der Waals surface area contributed by atoms with Crippen LogP contribution in [0.3, 0.4) is 0 Å². The van der Waals surface area contributed by atoms with Crippen LogP contribution < -0.4 is 5.32 Å². The Morgan fingerprint density at radius 2 is 1.90 bits per heavy atom. The number of thioether (sulfide) groups is 1. The average Bonchev–Trinajstić information content (AvgIpc) is 2.99. The molecule has 0 amide bonds. The molecule has 108 valence electrons. The number of methoxy groups -OCH3 is 1. The van der Waals surface area contributed by atoms with Gasteiger partial charge in [-0.15, -0.1) is 0 Å². The molecule has 1 unspecified atom stereocenters. The fraction of sp³-hybridized carbons (Fsp3) is 0.235. The van der Waals surface area contributed by atoms with Crippen molar-refractivity contribution in [3.05, 3.63) is 65.7 Å². The number of aliphatic imine (C=N–C) groups is 1. The molecule has 1 N–H and O–H groups in total. The van der Waals surface area contributed by atoms with Crippen LogP contribution in [-0.2, 0) is 11.3 Å². The first-order chi connectivity index (χ1) is 10.4. The van der Waals surface area contributed by atoms with Gasteiger partial charge in [0, 0.05) is 18.4 Å². The van der Waals surface area contributed by atoms with Gasteiger partial charge in [0.1, 0.15) is 0 Å². The van der Waals surface area contributed by atoms with Crippen LogP contribution in [0, 0.1) is 0 Å². The third-order valence-corrected chi connectivity index (χ3v) is 4.54. The van der Waals surface area contributed by atoms with Crippen molar-refractivity contribution >= 4 is 22.6 Å². The molecule has 2 aromatic rings. The number of nitrogens with zero attached hydrogens (tertiary/aromatic N) is 1. The average molecular weight is 298 g/mol. The highest BCUT2D eigenvalue weighted by Crippen LogP contribution is 2.35. The number of para-hydroxylation sites is 1. The highest BCUT2D eigenvalue weighted by atomic mass is 32.2. The van der Waals surface area contributed by atoms with Crippen molar-refractivity contribution in [1.29, 1.82) is 0 Å². The summed E-state index contributed by atoms with van der Waals surface area (Å²) in [5.74, 6) is 0. The summed E-state index contributed by atoms with van der Waals surface area (Å²) in [6.45, 7) is 1.42. The van der Waals surface area contributed by atoms with E-state index in [0.717, 1.165) is 23.0 Å². The van der Waals surface area contributed by atoms with E-state index in [1.165, 1.54) is 5.56 Å². The van der Waals surface area contributed by atoms with E-state index in [0.29, 0.717) is 11.9 Å². The van der Waals surface area contributed by atoms with Crippen LogP contribution in [0.5, 0.6) is 0 Å². The maximum Gasteiger partial charge on any atom is 0.161 e. The smallest absolute Gasteiger partial charge is 0.161 e. The van der Waals surface area contributed by atoms with Crippen molar-refractivity contribution in [2.75, 3.05) is 19.0 Å². The molecular weight excluding hydrogens is 280 g/mol. The topological polar surface area (TPSA) is 33.6 Å². The van der Waals surface area contributed by atoms with Gasteiger partial charge in [0.2, 0.25) is 0 Å². The molecule has 0 spiro atoms. The van der Waals surface area contributed by atoms with Crippen LogP contribution in [0.15, 0.2) is 59.6 Å². The van der Waals surface area contributed by atoms with E-state index >= 15 is 0 Å². The number of hydrogen-bond donors (Lipinski definition) is 1. The summed E-state index contributed by atoms with van der Waals surface area (Å²) in [6.07, 6.45) is 0. The Kier molecular flexibility index (Phi) is 4.58. The van der Waals surface area contributed by atoms with Crippen LogP contribution in [0.1, 0.15) is 16.4 Å². The third-order valence-electron chi connectivity index (χ3n) is 3.38. The second-order valence-electron chi connectivity index (χ2n) is 4.88. The second kappa shape index (κ2) is 6.78. The molecule has 1 atom stereocenters. The predicted molar refractivity (Wildman–Crippen MR) is 89.9 cm³/mol. The zero-order valence-electron chi connectivity index (χ0n) is 12.0. The summed E-state index contributed by atoms with van der Waals surface area (Å²) in [6, 6.07) is 18.7. The maximum atomic E-state index is 5.24. The van der Waals surface area contributed by atoms with Gasteiger partial charge < -0.3 is 10.1 Å². The molecule has 2 aromatic carbocycles. The monoisotopic (exact) mass is 298 g/mol. The largest absolute Gasteiger partial charge is 0.380 e. The van der Waals surface area contributed by atoms with Crippen LogP contribution in [0.4, 0.5) is 5.69 Å². The first kappa shape index (κ1) is 14.2. The molecule has 3 rings (SSSR count). The Morgan fingerprint density at radius 3 is 2.71 bits per heavy atom. The Hall–Kier alpha value is -1.78. The van der Waals surface area contributed by atoms with Gasteiger partial charge >= 0.3 is 0 Å². The van der Waals surface area contributed by atoms with Gasteiger partial charge in [-0.1, -0.05) is 60.3 Å². The third kappa shape index (κ3) is 3.46. The Balaban J connectivity index is 1.68. The van der Waals surface area contributed by atoms with Crippen LogP contribution in [0.25, 0.3) is 0 Å². The quantitative estimate of drug-likeness (QED) is 0.923. The van der Waals surface area contributed by atoms with E-state index < -0.39 is 0 Å². The Labute approximate surface area is 129 Å². The predicted octanol–water partition coefficient (Wildman–Crippen LogP) is 4.09. The Bertz CT molecular complexity index is 628. The minimum Gasteiger partial charge on any atom is -0.380 e. The first-order valence-electron chi connectivity index (χ1n) is 6.97. The van der Waals surface area contributed by atoms with Crippen molar-refractivity contribution in [2.45, 2.75) is 11.9 Å². The van der Waals surface area contributed by atoms with Crippen molar-refractivity contribution in [3.63, 3.8) is 0 Å². The van der Waals surface area contributed by atoms with Gasteiger partial charge in [0.15, 0.2) is 5.17 Å². The minimum absolute atomic E-state index is 0.406. The lowest BCUT2D eigenvalue weighted by molar-refractivity contribution is 0.185. The van der Waals surface area contributed by atoms with Crippen LogP contribution in [0.2, 0.25) is 0 Å². The molecule has 3 nitrogen and oxygen atoms in total. The molecule has 0 aliphatic carbocycles. The lowest BCUT2D eigenvalue weighted by Gasteiger charge is -2.12. The highest BCUT2D eigenvalue weighted by Gasteiger charge is 2.21. The van der Waals surface area contributed by atoms with E-state index in [-0.39, 0.29) is 0 Å². The number of ether oxygens (including phenoxy) is 1. The molecule has 1 aliphatic rings. The van der Waals surface area contributed by atoms with E-state index in [1.807, 2.05) is 18.2 Å². The fourth-order valence-corrected chi connectivity index (χ4v) is 3.35. The van der Waals surface area contributed by atoms with Gasteiger partial charge in [0.05, 0.1) is 18.4 Å². The number of nitrogens with one attached hydrogen (secondary N) is 1. The van der Waals surface area contributed by atoms with Gasteiger partial charge in [-0.3, -0.25) is 4.99 Å². The van der Waals surface area contributed by atoms with Gasteiger partial charge in [-0.25, -0.2) is 0 Å². The molecule has 21 heavy (non-hydrogen) atoms. The number of anilines is 1. The SMILES string of the molecule is COCc1ccccc1NC1=NCC(c2ccccc2)S1. The second-order valence-corrected chi connectivity index (χ2v) is 6.07. The standard InChI is InChI=1S/C17H18N2OS/c1-20-12-14-9-5-6-10-15(14)19-17-18-11-16(21-17)13-7-3-2-4-8-13/h2-10,16H,11-12H2,1H3,(H,18,19). The molecule has 0 saturated carbocycles. The van der Waals surface area contributed by atoms with Crippen molar-refractivity contribution in [3.8, 4) is 0 Å². The molecular formula is C17H18N2OS. The lowest BCUT2D eigenvalue weighted by Crippen LogP contribution is -2.08. The maximum absolute atomic E-state index is 5.24. The van der Waals surface area contributed by atoms with E-state index in [9.17, 15) is 0 Å². The zero-order chi connectivity index (χ0) is 14.5. The molecule has 0 aromatic heterocycles. The van der Waals surface area contributed by atoms with Crippen molar-refractivity contribution < 1.29 is 4.74 Å². The number of benzene rings is 2. The van der Waals surface area contributed by atoms with E-state index in [1.54, 1.807) is 18.9 Å². The summed E-state index contributed by atoms with van der Waals surface area (Å²) in [5, 5.41) is 4.81. The molecule has 4 heteroatoms. The number of rotatable bonds is 4. The summed E-state index contributed by atoms with van der Waals surface area (Å²) in [7, 11) is 1.71. The fourth-order valence-electron chi connectivity index (χ4n) is 2.32. The summed E-state index contributed by atoms with van der Waals surface area (Å²) in [4.78, 5) is 4.62. The van der Waals surface area contributed by atoms with Gasteiger partial charge in [-0.05, 0) is 11.6 Å². The normalized spacial score (nSPS) is 17.6. The Morgan fingerprint density at radius 1 is 1.14 bits per heavy atom. The van der Waals surface area contributed by atoms with Crippen molar-refractivity contribution in [1.82, 2.24) is 0 Å². The van der Waals surface area contributed by atoms with E-state index in [4.69, 9.17) is 4.74 Å². The molecule has 0 fully saturated rings. The first-order valence-corrected chi connectivity index (χ1v) is 7.84. The number of amidine groups is 1. The van der Waals surface area contributed by atoms with Gasteiger partial charge in [-0.2, -0.15) is 0 Å². The summed E-state index contributed by atoms with van der Waals surface area (Å²) < 4.78 is 5.24. The zero-order valence-corrected chi connectivity index (χ0v) is 12.8. The van der Waals surface area contributed by atoms with Crippen LogP contribution in [-0.4, -0.2) is 18.8 Å². The lowest BCUT2D eigenvalue weighted by atomic mass is 10.1. The van der Waals surface area contributed by atoms with Crippen LogP contribution >= 0.6 is 11.8 Å². The summed E-state index contributed by atoms with van der Waals surface area (Å²) in [5.41, 5.74) is 3.54. The molecule has 0 saturated heterocycles. The molecule has 0 bridgehead atoms. The summed E-state index contributed by atoms with van der Waals surface area (Å²) >= 11 is 1.78. The highest BCUT2D eigenvalue weighted by molar-refractivity contribution is 8.14. The van der Waals surface area contributed by atoms with Crippen molar-refractivity contribution in [2.24, 2.45) is 4.99 Å². The molecule has 1 heterocycles. The van der Waals surface area contributed by atoms with E-state index in [2.05, 4.69) is 46.7 Å². The number of hydrogen-bond acceptors (Lipinski definition) is 4. The molecule has 0 radical (unpaired) electrons. The van der Waals surface area contributed by atoms with Gasteiger partial charge in [0.25, 0.3) is 0 Å². The minimum atomic E-state index is 0.406.